The van der Waals surface area contributed by atoms with Gasteiger partial charge in [-0.2, -0.15) is 0 Å². The summed E-state index contributed by atoms with van der Waals surface area (Å²) in [5, 5.41) is 0.241. The van der Waals surface area contributed by atoms with Crippen molar-refractivity contribution in [3.8, 4) is 11.4 Å². The molecule has 8 nitrogen and oxygen atoms in total. The Balaban J connectivity index is 1.65. The molecule has 4 heterocycles. The van der Waals surface area contributed by atoms with Gasteiger partial charge in [0.25, 0.3) is 17.4 Å². The standard InChI is InChI=1S/C19H10ClN5O3/c20-12-3-5-22-17(26)15(12)16-23-13-6-10-11(7-14(13)24-16)19(28)25(18(10)27)9-2-1-4-21-8-9/h1-8H,(H,22,26)(H,23,24). The Morgan fingerprint density at radius 2 is 1.82 bits per heavy atom. The average Bonchev–Trinajstić information content (AvgIpc) is 3.19. The highest BCUT2D eigenvalue weighted by Crippen LogP contribution is 2.32. The number of rotatable bonds is 2. The van der Waals surface area contributed by atoms with Gasteiger partial charge in [0.15, 0.2) is 0 Å². The van der Waals surface area contributed by atoms with Crippen LogP contribution in [0.2, 0.25) is 5.02 Å². The van der Waals surface area contributed by atoms with Crippen LogP contribution in [0.5, 0.6) is 0 Å². The van der Waals surface area contributed by atoms with E-state index in [0.717, 1.165) is 4.90 Å². The van der Waals surface area contributed by atoms with Crippen LogP contribution in [0.4, 0.5) is 5.69 Å². The molecule has 0 saturated carbocycles. The zero-order chi connectivity index (χ0) is 19.4. The van der Waals surface area contributed by atoms with Gasteiger partial charge < -0.3 is 9.97 Å². The van der Waals surface area contributed by atoms with Gasteiger partial charge in [-0.25, -0.2) is 9.88 Å². The lowest BCUT2D eigenvalue weighted by Crippen LogP contribution is -2.29. The van der Waals surface area contributed by atoms with Crippen LogP contribution in [0.25, 0.3) is 22.4 Å². The van der Waals surface area contributed by atoms with E-state index in [2.05, 4.69) is 19.9 Å². The van der Waals surface area contributed by atoms with Gasteiger partial charge in [0, 0.05) is 12.4 Å². The largest absolute Gasteiger partial charge is 0.338 e. The van der Waals surface area contributed by atoms with Gasteiger partial charge >= 0.3 is 0 Å². The second-order valence-electron chi connectivity index (χ2n) is 6.19. The summed E-state index contributed by atoms with van der Waals surface area (Å²) in [6.07, 6.45) is 4.45. The van der Waals surface area contributed by atoms with Crippen molar-refractivity contribution in [3.05, 3.63) is 75.4 Å². The highest BCUT2D eigenvalue weighted by molar-refractivity contribution is 6.35. The Labute approximate surface area is 161 Å². The molecule has 0 radical (unpaired) electrons. The lowest BCUT2D eigenvalue weighted by molar-refractivity contribution is 0.0926. The van der Waals surface area contributed by atoms with Crippen molar-refractivity contribution in [2.24, 2.45) is 0 Å². The zero-order valence-electron chi connectivity index (χ0n) is 14.1. The topological polar surface area (TPSA) is 112 Å². The summed E-state index contributed by atoms with van der Waals surface area (Å²) in [6.45, 7) is 0. The van der Waals surface area contributed by atoms with E-state index in [9.17, 15) is 14.4 Å². The van der Waals surface area contributed by atoms with E-state index < -0.39 is 17.4 Å². The third kappa shape index (κ3) is 2.28. The Morgan fingerprint density at radius 1 is 1.04 bits per heavy atom. The number of pyridine rings is 2. The van der Waals surface area contributed by atoms with Crippen molar-refractivity contribution in [2.45, 2.75) is 0 Å². The molecule has 1 aliphatic rings. The minimum Gasteiger partial charge on any atom is -0.338 e. The number of hydrogen-bond acceptors (Lipinski definition) is 5. The number of H-pyrrole nitrogens is 2. The van der Waals surface area contributed by atoms with Crippen LogP contribution in [-0.4, -0.2) is 31.8 Å². The molecule has 1 aromatic carbocycles. The predicted octanol–water partition coefficient (Wildman–Crippen LogP) is 2.77. The van der Waals surface area contributed by atoms with Crippen molar-refractivity contribution < 1.29 is 9.59 Å². The highest BCUT2D eigenvalue weighted by atomic mass is 35.5. The Bertz CT molecular complexity index is 1290. The molecule has 28 heavy (non-hydrogen) atoms. The quantitative estimate of drug-likeness (QED) is 0.510. The number of aromatic nitrogens is 4. The molecule has 9 heteroatoms. The number of amides is 2. The van der Waals surface area contributed by atoms with Crippen LogP contribution in [-0.2, 0) is 0 Å². The van der Waals surface area contributed by atoms with Crippen LogP contribution < -0.4 is 10.5 Å². The molecule has 0 bridgehead atoms. The number of nitrogens with one attached hydrogen (secondary N) is 2. The zero-order valence-corrected chi connectivity index (χ0v) is 14.8. The normalized spacial score (nSPS) is 13.4. The number of carbonyl (C=O) groups excluding carboxylic acids is 2. The number of aromatic amines is 2. The fraction of sp³-hybridized carbons (Fsp3) is 0. The van der Waals surface area contributed by atoms with Gasteiger partial charge in [-0.3, -0.25) is 19.4 Å². The van der Waals surface area contributed by atoms with Crippen LogP contribution >= 0.6 is 11.6 Å². The average molecular weight is 392 g/mol. The molecular formula is C19H10ClN5O3. The first-order chi connectivity index (χ1) is 13.5. The molecule has 0 aliphatic carbocycles. The number of benzene rings is 1. The number of hydrogen-bond donors (Lipinski definition) is 2. The number of imide groups is 1. The fourth-order valence-corrected chi connectivity index (χ4v) is 3.50. The molecule has 0 unspecified atom stereocenters. The van der Waals surface area contributed by atoms with Crippen LogP contribution in [0.1, 0.15) is 20.7 Å². The van der Waals surface area contributed by atoms with E-state index in [1.807, 2.05) is 0 Å². The molecular weight excluding hydrogens is 382 g/mol. The minimum absolute atomic E-state index is 0.190. The summed E-state index contributed by atoms with van der Waals surface area (Å²) in [5.74, 6) is -0.633. The third-order valence-corrected chi connectivity index (χ3v) is 4.85. The van der Waals surface area contributed by atoms with Crippen LogP contribution in [0.15, 0.2) is 53.7 Å². The van der Waals surface area contributed by atoms with Gasteiger partial charge in [-0.05, 0) is 30.3 Å². The van der Waals surface area contributed by atoms with Crippen molar-refractivity contribution in [3.63, 3.8) is 0 Å². The van der Waals surface area contributed by atoms with E-state index in [-0.39, 0.29) is 27.5 Å². The van der Waals surface area contributed by atoms with Crippen molar-refractivity contribution >= 4 is 40.1 Å². The summed E-state index contributed by atoms with van der Waals surface area (Å²) < 4.78 is 0. The minimum atomic E-state index is -0.449. The second kappa shape index (κ2) is 5.86. The summed E-state index contributed by atoms with van der Waals surface area (Å²) in [6, 6.07) is 7.93. The van der Waals surface area contributed by atoms with Crippen molar-refractivity contribution in [1.29, 1.82) is 0 Å². The number of imidazole rings is 1. The molecule has 1 aliphatic heterocycles. The maximum absolute atomic E-state index is 12.8. The SMILES string of the molecule is O=C1c2cc3nc(-c4c(Cl)cc[nH]c4=O)[nH]c3cc2C(=O)N1c1cccnc1. The van der Waals surface area contributed by atoms with Gasteiger partial charge in [-0.1, -0.05) is 11.6 Å². The van der Waals surface area contributed by atoms with Crippen LogP contribution in [0.3, 0.4) is 0 Å². The van der Waals surface area contributed by atoms with Gasteiger partial charge in [0.05, 0.1) is 39.1 Å². The first kappa shape index (κ1) is 16.4. The number of carbonyl (C=O) groups is 2. The number of halogens is 1. The molecule has 5 rings (SSSR count). The maximum atomic E-state index is 12.8. The molecule has 3 aromatic heterocycles. The monoisotopic (exact) mass is 391 g/mol. The van der Waals surface area contributed by atoms with Gasteiger partial charge in [0.2, 0.25) is 0 Å². The summed E-state index contributed by atoms with van der Waals surface area (Å²) in [7, 11) is 0. The Kier molecular flexibility index (Phi) is 3.43. The summed E-state index contributed by atoms with van der Waals surface area (Å²) in [5.41, 5.74) is 1.65. The van der Waals surface area contributed by atoms with Gasteiger partial charge in [-0.15, -0.1) is 0 Å². The van der Waals surface area contributed by atoms with Crippen molar-refractivity contribution in [1.82, 2.24) is 19.9 Å². The first-order valence-corrected chi connectivity index (χ1v) is 8.62. The number of anilines is 1. The molecule has 2 N–H and O–H groups in total. The Hall–Kier alpha value is -3.78. The molecule has 0 saturated heterocycles. The summed E-state index contributed by atoms with van der Waals surface area (Å²) in [4.78, 5) is 52.7. The lowest BCUT2D eigenvalue weighted by atomic mass is 10.1. The van der Waals surface area contributed by atoms with E-state index in [0.29, 0.717) is 16.7 Å². The fourth-order valence-electron chi connectivity index (χ4n) is 3.26. The van der Waals surface area contributed by atoms with E-state index in [1.54, 1.807) is 30.5 Å². The van der Waals surface area contributed by atoms with Crippen LogP contribution in [0, 0.1) is 0 Å². The number of nitrogens with zero attached hydrogens (tertiary/aromatic N) is 3. The predicted molar refractivity (Wildman–Crippen MR) is 103 cm³/mol. The molecule has 0 fully saturated rings. The highest BCUT2D eigenvalue weighted by Gasteiger charge is 2.37. The molecule has 2 amide bonds. The number of fused-ring (bicyclic) bond motifs is 2. The maximum Gasteiger partial charge on any atom is 0.266 e. The summed E-state index contributed by atoms with van der Waals surface area (Å²) >= 11 is 6.13. The van der Waals surface area contributed by atoms with E-state index in [1.165, 1.54) is 18.5 Å². The second-order valence-corrected chi connectivity index (χ2v) is 6.59. The third-order valence-electron chi connectivity index (χ3n) is 4.54. The van der Waals surface area contributed by atoms with E-state index >= 15 is 0 Å². The van der Waals surface area contributed by atoms with Gasteiger partial charge in [0.1, 0.15) is 11.4 Å². The Morgan fingerprint density at radius 3 is 2.54 bits per heavy atom. The molecule has 0 spiro atoms. The molecule has 4 aromatic rings. The lowest BCUT2D eigenvalue weighted by Gasteiger charge is -2.12. The smallest absolute Gasteiger partial charge is 0.266 e. The first-order valence-electron chi connectivity index (χ1n) is 8.25. The molecule has 136 valence electrons. The van der Waals surface area contributed by atoms with E-state index in [4.69, 9.17) is 11.6 Å². The van der Waals surface area contributed by atoms with Crippen molar-refractivity contribution in [2.75, 3.05) is 4.90 Å². The molecule has 0 atom stereocenters.